The Morgan fingerprint density at radius 1 is 1.32 bits per heavy atom. The van der Waals surface area contributed by atoms with Crippen LogP contribution in [0.3, 0.4) is 0 Å². The molecule has 0 aliphatic heterocycles. The molecule has 1 aromatic carbocycles. The fraction of sp³-hybridized carbons (Fsp3) is 0.385. The molecule has 19 heavy (non-hydrogen) atoms. The first-order valence-electron chi connectivity index (χ1n) is 5.59. The highest BCUT2D eigenvalue weighted by atomic mass is 19.4. The molecule has 0 saturated carbocycles. The van der Waals surface area contributed by atoms with Crippen molar-refractivity contribution < 1.29 is 17.6 Å². The van der Waals surface area contributed by atoms with Crippen LogP contribution in [0.2, 0.25) is 0 Å². The van der Waals surface area contributed by atoms with Crippen LogP contribution in [0.15, 0.2) is 24.8 Å². The number of rotatable bonds is 4. The van der Waals surface area contributed by atoms with Gasteiger partial charge in [0.25, 0.3) is 0 Å². The Balaban J connectivity index is 3.51. The first kappa shape index (κ1) is 15.5. The van der Waals surface area contributed by atoms with E-state index in [0.29, 0.717) is 0 Å². The molecule has 0 aliphatic rings. The Kier molecular flexibility index (Phi) is 4.57. The molecule has 0 unspecified atom stereocenters. The van der Waals surface area contributed by atoms with Gasteiger partial charge in [-0.05, 0) is 26.2 Å². The molecule has 0 amide bonds. The van der Waals surface area contributed by atoms with Crippen LogP contribution in [0, 0.1) is 5.82 Å². The monoisotopic (exact) mass is 276 g/mol. The fourth-order valence-corrected chi connectivity index (χ4v) is 1.83. The Labute approximate surface area is 109 Å². The van der Waals surface area contributed by atoms with Gasteiger partial charge in [0, 0.05) is 18.3 Å². The van der Waals surface area contributed by atoms with Gasteiger partial charge < -0.3 is 5.32 Å². The Bertz CT molecular complexity index is 466. The SMILES string of the molecule is C=C[C@H](c1cc(NC)cc(C(F)(F)F)c1F)N(C)C. The van der Waals surface area contributed by atoms with E-state index in [-0.39, 0.29) is 11.3 Å². The summed E-state index contributed by atoms with van der Waals surface area (Å²) in [6.45, 7) is 3.54. The summed E-state index contributed by atoms with van der Waals surface area (Å²) >= 11 is 0. The van der Waals surface area contributed by atoms with E-state index in [1.165, 1.54) is 19.2 Å². The number of benzene rings is 1. The molecular formula is C13H16F4N2. The number of halogens is 4. The van der Waals surface area contributed by atoms with Crippen LogP contribution in [0.4, 0.5) is 23.2 Å². The Morgan fingerprint density at radius 3 is 2.26 bits per heavy atom. The molecule has 0 fully saturated rings. The largest absolute Gasteiger partial charge is 0.419 e. The molecule has 1 aromatic rings. The second-order valence-electron chi connectivity index (χ2n) is 4.32. The summed E-state index contributed by atoms with van der Waals surface area (Å²) < 4.78 is 52.5. The third kappa shape index (κ3) is 3.26. The topological polar surface area (TPSA) is 15.3 Å². The average molecular weight is 276 g/mol. The first-order chi connectivity index (χ1) is 8.72. The number of nitrogens with one attached hydrogen (secondary N) is 1. The number of nitrogens with zero attached hydrogens (tertiary/aromatic N) is 1. The van der Waals surface area contributed by atoms with Crippen molar-refractivity contribution in [3.8, 4) is 0 Å². The molecule has 106 valence electrons. The van der Waals surface area contributed by atoms with E-state index in [1.807, 2.05) is 0 Å². The third-order valence-corrected chi connectivity index (χ3v) is 2.79. The molecule has 0 radical (unpaired) electrons. The summed E-state index contributed by atoms with van der Waals surface area (Å²) in [5.74, 6) is -1.26. The third-order valence-electron chi connectivity index (χ3n) is 2.79. The average Bonchev–Trinajstić information content (AvgIpc) is 2.30. The molecule has 0 aromatic heterocycles. The first-order valence-corrected chi connectivity index (χ1v) is 5.59. The van der Waals surface area contributed by atoms with Gasteiger partial charge in [0.05, 0.1) is 11.6 Å². The normalized spacial score (nSPS) is 13.5. The van der Waals surface area contributed by atoms with Gasteiger partial charge in [-0.3, -0.25) is 4.90 Å². The summed E-state index contributed by atoms with van der Waals surface area (Å²) in [7, 11) is 4.77. The van der Waals surface area contributed by atoms with Gasteiger partial charge in [-0.2, -0.15) is 13.2 Å². The second kappa shape index (κ2) is 5.61. The van der Waals surface area contributed by atoms with Gasteiger partial charge >= 0.3 is 6.18 Å². The summed E-state index contributed by atoms with van der Waals surface area (Å²) in [6.07, 6.45) is -3.33. The van der Waals surface area contributed by atoms with E-state index in [9.17, 15) is 17.6 Å². The highest BCUT2D eigenvalue weighted by molar-refractivity contribution is 5.51. The van der Waals surface area contributed by atoms with Crippen molar-refractivity contribution in [2.24, 2.45) is 0 Å². The number of anilines is 1. The molecule has 0 saturated heterocycles. The lowest BCUT2D eigenvalue weighted by Gasteiger charge is -2.24. The lowest BCUT2D eigenvalue weighted by atomic mass is 10.0. The standard InChI is InChI=1S/C13H16F4N2/c1-5-11(19(3)4)9-6-8(18-2)7-10(12(9)14)13(15,16)17/h5-7,11,18H,1H2,2-4H3/t11-/m1/s1. The molecule has 0 spiro atoms. The van der Waals surface area contributed by atoms with E-state index < -0.39 is 23.6 Å². The van der Waals surface area contributed by atoms with Crippen LogP contribution >= 0.6 is 0 Å². The summed E-state index contributed by atoms with van der Waals surface area (Å²) in [6, 6.07) is 1.49. The second-order valence-corrected chi connectivity index (χ2v) is 4.32. The molecule has 0 bridgehead atoms. The molecule has 0 aliphatic carbocycles. The van der Waals surface area contributed by atoms with Crippen molar-refractivity contribution in [2.45, 2.75) is 12.2 Å². The quantitative estimate of drug-likeness (QED) is 0.666. The van der Waals surface area contributed by atoms with Gasteiger partial charge in [-0.15, -0.1) is 6.58 Å². The molecule has 2 nitrogen and oxygen atoms in total. The van der Waals surface area contributed by atoms with E-state index in [0.717, 1.165) is 6.07 Å². The van der Waals surface area contributed by atoms with Crippen LogP contribution < -0.4 is 5.32 Å². The zero-order chi connectivity index (χ0) is 14.8. The molecule has 0 heterocycles. The van der Waals surface area contributed by atoms with Crippen LogP contribution in [0.1, 0.15) is 17.2 Å². The van der Waals surface area contributed by atoms with Gasteiger partial charge in [-0.1, -0.05) is 6.08 Å². The van der Waals surface area contributed by atoms with E-state index in [2.05, 4.69) is 11.9 Å². The predicted octanol–water partition coefficient (Wildman–Crippen LogP) is 3.67. The van der Waals surface area contributed by atoms with Crippen LogP contribution in [-0.2, 0) is 6.18 Å². The lowest BCUT2D eigenvalue weighted by molar-refractivity contribution is -0.140. The minimum absolute atomic E-state index is 0.0563. The van der Waals surface area contributed by atoms with Gasteiger partial charge in [-0.25, -0.2) is 4.39 Å². The predicted molar refractivity (Wildman–Crippen MR) is 67.6 cm³/mol. The number of alkyl halides is 3. The van der Waals surface area contributed by atoms with Crippen molar-refractivity contribution in [2.75, 3.05) is 26.5 Å². The summed E-state index contributed by atoms with van der Waals surface area (Å²) in [5.41, 5.74) is -1.13. The van der Waals surface area contributed by atoms with Crippen LogP contribution in [0.5, 0.6) is 0 Å². The van der Waals surface area contributed by atoms with E-state index >= 15 is 0 Å². The maximum Gasteiger partial charge on any atom is 0.419 e. The van der Waals surface area contributed by atoms with Crippen molar-refractivity contribution in [1.82, 2.24) is 4.90 Å². The molecule has 1 rings (SSSR count). The zero-order valence-electron chi connectivity index (χ0n) is 11.0. The molecular weight excluding hydrogens is 260 g/mol. The van der Waals surface area contributed by atoms with Crippen molar-refractivity contribution in [3.63, 3.8) is 0 Å². The number of hydrogen-bond acceptors (Lipinski definition) is 2. The number of likely N-dealkylation sites (N-methyl/N-ethyl adjacent to an activating group) is 1. The van der Waals surface area contributed by atoms with Gasteiger partial charge in [0.15, 0.2) is 0 Å². The summed E-state index contributed by atoms with van der Waals surface area (Å²) in [5, 5.41) is 2.61. The minimum atomic E-state index is -4.73. The fourth-order valence-electron chi connectivity index (χ4n) is 1.83. The van der Waals surface area contributed by atoms with Crippen LogP contribution in [-0.4, -0.2) is 26.0 Å². The van der Waals surface area contributed by atoms with Crippen molar-refractivity contribution in [3.05, 3.63) is 41.7 Å². The van der Waals surface area contributed by atoms with Gasteiger partial charge in [0.2, 0.25) is 0 Å². The Hall–Kier alpha value is -1.56. The maximum atomic E-state index is 14.1. The molecule has 1 N–H and O–H groups in total. The number of hydrogen-bond donors (Lipinski definition) is 1. The summed E-state index contributed by atoms with van der Waals surface area (Å²) in [4.78, 5) is 1.59. The minimum Gasteiger partial charge on any atom is -0.388 e. The smallest absolute Gasteiger partial charge is 0.388 e. The molecule has 6 heteroatoms. The highest BCUT2D eigenvalue weighted by Gasteiger charge is 2.36. The Morgan fingerprint density at radius 2 is 1.89 bits per heavy atom. The lowest BCUT2D eigenvalue weighted by Crippen LogP contribution is -2.21. The van der Waals surface area contributed by atoms with Crippen molar-refractivity contribution in [1.29, 1.82) is 0 Å². The molecule has 1 atom stereocenters. The van der Waals surface area contributed by atoms with E-state index in [1.54, 1.807) is 19.0 Å². The van der Waals surface area contributed by atoms with E-state index in [4.69, 9.17) is 0 Å². The van der Waals surface area contributed by atoms with Crippen LogP contribution in [0.25, 0.3) is 0 Å². The van der Waals surface area contributed by atoms with Gasteiger partial charge in [0.1, 0.15) is 5.82 Å². The van der Waals surface area contributed by atoms with Crippen molar-refractivity contribution >= 4 is 5.69 Å². The highest BCUT2D eigenvalue weighted by Crippen LogP contribution is 2.37. The maximum absolute atomic E-state index is 14.1. The zero-order valence-corrected chi connectivity index (χ0v) is 11.0.